The van der Waals surface area contributed by atoms with E-state index < -0.39 is 0 Å². The Morgan fingerprint density at radius 2 is 1.81 bits per heavy atom. The number of ether oxygens (including phenoxy) is 2. The van der Waals surface area contributed by atoms with Crippen molar-refractivity contribution in [2.45, 2.75) is 39.2 Å². The van der Waals surface area contributed by atoms with Crippen LogP contribution in [-0.2, 0) is 11.3 Å². The van der Waals surface area contributed by atoms with E-state index in [1.165, 1.54) is 0 Å². The molecule has 2 aromatic carbocycles. The van der Waals surface area contributed by atoms with Crippen LogP contribution in [0.2, 0.25) is 0 Å². The molecule has 1 aliphatic carbocycles. The lowest BCUT2D eigenvalue weighted by molar-refractivity contribution is -0.119. The summed E-state index contributed by atoms with van der Waals surface area (Å²) in [4.78, 5) is 16.7. The molecule has 0 aromatic heterocycles. The van der Waals surface area contributed by atoms with Gasteiger partial charge in [0, 0.05) is 37.0 Å². The van der Waals surface area contributed by atoms with Gasteiger partial charge in [-0.15, -0.1) is 24.0 Å². The molecule has 3 rings (SSSR count). The van der Waals surface area contributed by atoms with Gasteiger partial charge in [-0.2, -0.15) is 0 Å². The van der Waals surface area contributed by atoms with Crippen LogP contribution in [-0.4, -0.2) is 32.6 Å². The molecule has 1 amide bonds. The van der Waals surface area contributed by atoms with Gasteiger partial charge in [0.2, 0.25) is 5.91 Å². The van der Waals surface area contributed by atoms with E-state index in [1.54, 1.807) is 14.2 Å². The van der Waals surface area contributed by atoms with Gasteiger partial charge in [0.25, 0.3) is 0 Å². The fourth-order valence-electron chi connectivity index (χ4n) is 3.71. The SMILES string of the molecule is CCOc1ccc(NC(=NC)NCc2cccc(NC(=O)C3CCCC3)c2)cc1OC.I. The second-order valence-electron chi connectivity index (χ2n) is 7.52. The highest BCUT2D eigenvalue weighted by Crippen LogP contribution is 2.30. The van der Waals surface area contributed by atoms with Gasteiger partial charge in [-0.1, -0.05) is 25.0 Å². The van der Waals surface area contributed by atoms with Crippen molar-refractivity contribution in [3.63, 3.8) is 0 Å². The van der Waals surface area contributed by atoms with E-state index in [-0.39, 0.29) is 35.8 Å². The van der Waals surface area contributed by atoms with Crippen LogP contribution < -0.4 is 25.4 Å². The molecule has 0 aliphatic heterocycles. The third-order valence-corrected chi connectivity index (χ3v) is 5.33. The second-order valence-corrected chi connectivity index (χ2v) is 7.52. The van der Waals surface area contributed by atoms with Crippen LogP contribution in [0.4, 0.5) is 11.4 Å². The van der Waals surface area contributed by atoms with E-state index in [0.29, 0.717) is 30.6 Å². The van der Waals surface area contributed by atoms with Crippen LogP contribution >= 0.6 is 24.0 Å². The summed E-state index contributed by atoms with van der Waals surface area (Å²) in [6.45, 7) is 3.08. The number of amides is 1. The number of methoxy groups -OCH3 is 1. The lowest BCUT2D eigenvalue weighted by Gasteiger charge is -2.15. The summed E-state index contributed by atoms with van der Waals surface area (Å²) in [5, 5.41) is 9.62. The van der Waals surface area contributed by atoms with E-state index >= 15 is 0 Å². The number of halogens is 1. The third kappa shape index (κ3) is 7.29. The molecule has 1 saturated carbocycles. The summed E-state index contributed by atoms with van der Waals surface area (Å²) in [6, 6.07) is 13.5. The predicted octanol–water partition coefficient (Wildman–Crippen LogP) is 5.03. The van der Waals surface area contributed by atoms with Crippen molar-refractivity contribution < 1.29 is 14.3 Å². The van der Waals surface area contributed by atoms with Crippen molar-refractivity contribution >= 4 is 47.2 Å². The van der Waals surface area contributed by atoms with Crippen LogP contribution in [0.25, 0.3) is 0 Å². The lowest BCUT2D eigenvalue weighted by atomic mass is 10.1. The maximum absolute atomic E-state index is 12.4. The number of rotatable bonds is 8. The monoisotopic (exact) mass is 552 g/mol. The Balaban J connectivity index is 0.00000363. The minimum Gasteiger partial charge on any atom is -0.493 e. The fraction of sp³-hybridized carbons (Fsp3) is 0.417. The van der Waals surface area contributed by atoms with Gasteiger partial charge in [-0.25, -0.2) is 0 Å². The molecule has 0 heterocycles. The van der Waals surface area contributed by atoms with Crippen LogP contribution in [0, 0.1) is 5.92 Å². The van der Waals surface area contributed by atoms with Crippen molar-refractivity contribution in [3.05, 3.63) is 48.0 Å². The van der Waals surface area contributed by atoms with Crippen LogP contribution in [0.3, 0.4) is 0 Å². The number of guanidine groups is 1. The largest absolute Gasteiger partial charge is 0.493 e. The Kier molecular flexibility index (Phi) is 10.6. The van der Waals surface area contributed by atoms with Gasteiger partial charge in [0.15, 0.2) is 17.5 Å². The zero-order chi connectivity index (χ0) is 22.1. The number of carbonyl (C=O) groups is 1. The molecule has 0 spiro atoms. The molecule has 174 valence electrons. The van der Waals surface area contributed by atoms with Crippen LogP contribution in [0.15, 0.2) is 47.5 Å². The first-order chi connectivity index (χ1) is 15.1. The topological polar surface area (TPSA) is 84.0 Å². The standard InChI is InChI=1S/C24H32N4O3.HI/c1-4-31-21-13-12-20(15-22(21)30-3)28-24(25-2)26-16-17-8-7-11-19(14-17)27-23(29)18-9-5-6-10-18;/h7-8,11-15,18H,4-6,9-10,16H2,1-3H3,(H,27,29)(H2,25,26,28);1H. The minimum absolute atomic E-state index is 0. The van der Waals surface area contributed by atoms with E-state index in [2.05, 4.69) is 20.9 Å². The van der Waals surface area contributed by atoms with Gasteiger partial charge in [-0.3, -0.25) is 9.79 Å². The Morgan fingerprint density at radius 3 is 2.50 bits per heavy atom. The van der Waals surface area contributed by atoms with Gasteiger partial charge in [0.1, 0.15) is 0 Å². The summed E-state index contributed by atoms with van der Waals surface area (Å²) < 4.78 is 11.0. The van der Waals surface area contributed by atoms with Crippen molar-refractivity contribution in [1.82, 2.24) is 5.32 Å². The number of aliphatic imine (C=N–C) groups is 1. The summed E-state index contributed by atoms with van der Waals surface area (Å²) in [7, 11) is 3.34. The number of benzene rings is 2. The Morgan fingerprint density at radius 1 is 1.06 bits per heavy atom. The molecule has 0 saturated heterocycles. The Hall–Kier alpha value is -2.49. The molecule has 1 aliphatic rings. The van der Waals surface area contributed by atoms with Crippen molar-refractivity contribution in [2.24, 2.45) is 10.9 Å². The molecule has 0 bridgehead atoms. The third-order valence-electron chi connectivity index (χ3n) is 5.33. The quantitative estimate of drug-likeness (QED) is 0.243. The molecular weight excluding hydrogens is 519 g/mol. The normalized spacial score (nSPS) is 13.8. The Labute approximate surface area is 207 Å². The number of hydrogen-bond donors (Lipinski definition) is 3. The second kappa shape index (κ2) is 13.1. The molecule has 0 atom stereocenters. The molecule has 0 radical (unpaired) electrons. The predicted molar refractivity (Wildman–Crippen MR) is 140 cm³/mol. The number of nitrogens with one attached hydrogen (secondary N) is 3. The molecule has 2 aromatic rings. The first kappa shape index (κ1) is 25.8. The van der Waals surface area contributed by atoms with Crippen molar-refractivity contribution in [1.29, 1.82) is 0 Å². The van der Waals surface area contributed by atoms with Crippen LogP contribution in [0.1, 0.15) is 38.2 Å². The summed E-state index contributed by atoms with van der Waals surface area (Å²) in [5.41, 5.74) is 2.72. The molecule has 7 nitrogen and oxygen atoms in total. The Bertz CT molecular complexity index is 914. The first-order valence-corrected chi connectivity index (χ1v) is 10.8. The highest BCUT2D eigenvalue weighted by atomic mass is 127. The van der Waals surface area contributed by atoms with E-state index in [9.17, 15) is 4.79 Å². The minimum atomic E-state index is 0. The summed E-state index contributed by atoms with van der Waals surface area (Å²) >= 11 is 0. The van der Waals surface area contributed by atoms with E-state index in [0.717, 1.165) is 42.6 Å². The molecule has 1 fully saturated rings. The van der Waals surface area contributed by atoms with Gasteiger partial charge < -0.3 is 25.4 Å². The number of anilines is 2. The zero-order valence-electron chi connectivity index (χ0n) is 18.9. The van der Waals surface area contributed by atoms with E-state index in [4.69, 9.17) is 9.47 Å². The first-order valence-electron chi connectivity index (χ1n) is 10.8. The van der Waals surface area contributed by atoms with Crippen molar-refractivity contribution in [3.8, 4) is 11.5 Å². The van der Waals surface area contributed by atoms with Gasteiger partial charge in [0.05, 0.1) is 13.7 Å². The highest BCUT2D eigenvalue weighted by molar-refractivity contribution is 14.0. The average Bonchev–Trinajstić information content (AvgIpc) is 3.33. The maximum atomic E-state index is 12.4. The molecule has 8 heteroatoms. The smallest absolute Gasteiger partial charge is 0.227 e. The number of hydrogen-bond acceptors (Lipinski definition) is 4. The molecule has 0 unspecified atom stereocenters. The molecule has 32 heavy (non-hydrogen) atoms. The van der Waals surface area contributed by atoms with Crippen molar-refractivity contribution in [2.75, 3.05) is 31.4 Å². The lowest BCUT2D eigenvalue weighted by Crippen LogP contribution is -2.30. The average molecular weight is 552 g/mol. The summed E-state index contributed by atoms with van der Waals surface area (Å²) in [6.07, 6.45) is 4.28. The van der Waals surface area contributed by atoms with Crippen LogP contribution in [0.5, 0.6) is 11.5 Å². The number of nitrogens with zero attached hydrogens (tertiary/aromatic N) is 1. The summed E-state index contributed by atoms with van der Waals surface area (Å²) in [5.74, 6) is 2.27. The fourth-order valence-corrected chi connectivity index (χ4v) is 3.71. The highest BCUT2D eigenvalue weighted by Gasteiger charge is 2.22. The maximum Gasteiger partial charge on any atom is 0.227 e. The molecule has 3 N–H and O–H groups in total. The number of carbonyl (C=O) groups excluding carboxylic acids is 1. The zero-order valence-corrected chi connectivity index (χ0v) is 21.3. The van der Waals surface area contributed by atoms with Gasteiger partial charge >= 0.3 is 0 Å². The van der Waals surface area contributed by atoms with E-state index in [1.807, 2.05) is 49.4 Å². The van der Waals surface area contributed by atoms with Gasteiger partial charge in [-0.05, 0) is 49.6 Å². The molecular formula is C24H33IN4O3.